The molecule has 9 nitrogen and oxygen atoms in total. The van der Waals surface area contributed by atoms with Gasteiger partial charge in [-0.05, 0) is 30.7 Å². The highest BCUT2D eigenvalue weighted by Gasteiger charge is 2.42. The predicted octanol–water partition coefficient (Wildman–Crippen LogP) is 4.55. The third-order valence-corrected chi connectivity index (χ3v) is 7.01. The number of likely N-dealkylation sites (tertiary alicyclic amines) is 1. The average Bonchev–Trinajstić information content (AvgIpc) is 3.25. The first-order valence-electron chi connectivity index (χ1n) is 12.0. The SMILES string of the molecule is CNc1cc2ncnc(Nc3cccc(Cl)c3F)c2cc1OCCCN1CCC2(CC1)CNC(=O)O2. The van der Waals surface area contributed by atoms with Crippen LogP contribution in [0.4, 0.5) is 26.4 Å². The Bertz CT molecular complexity index is 1270. The number of piperidine rings is 1. The first-order chi connectivity index (χ1) is 17.5. The van der Waals surface area contributed by atoms with Gasteiger partial charge in [0.15, 0.2) is 5.82 Å². The second-order valence-corrected chi connectivity index (χ2v) is 9.44. The van der Waals surface area contributed by atoms with E-state index >= 15 is 0 Å². The molecule has 1 aromatic heterocycles. The zero-order valence-corrected chi connectivity index (χ0v) is 20.7. The first kappa shape index (κ1) is 24.3. The molecule has 2 aliphatic heterocycles. The maximum absolute atomic E-state index is 14.4. The summed E-state index contributed by atoms with van der Waals surface area (Å²) in [5, 5.41) is 9.68. The van der Waals surface area contributed by atoms with Crippen molar-refractivity contribution in [1.29, 1.82) is 0 Å². The van der Waals surface area contributed by atoms with E-state index in [0.717, 1.165) is 44.6 Å². The zero-order valence-electron chi connectivity index (χ0n) is 19.9. The Balaban J connectivity index is 1.23. The number of carbonyl (C=O) groups is 1. The standard InChI is InChI=1S/C25H28ClFN6O3/c1-28-20-13-19-16(23(31-15-30-19)32-18-5-2-4-17(26)22(18)27)12-21(20)35-11-3-8-33-9-6-25(7-10-33)14-29-24(34)36-25/h2,4-5,12-13,15,28H,3,6-11,14H2,1H3,(H,29,34)(H,30,31,32). The Morgan fingerprint density at radius 3 is 2.83 bits per heavy atom. The number of amides is 1. The van der Waals surface area contributed by atoms with Gasteiger partial charge in [-0.25, -0.2) is 19.2 Å². The number of benzene rings is 2. The maximum atomic E-state index is 14.4. The highest BCUT2D eigenvalue weighted by atomic mass is 35.5. The summed E-state index contributed by atoms with van der Waals surface area (Å²) in [6.45, 7) is 3.79. The number of aromatic nitrogens is 2. The van der Waals surface area contributed by atoms with Gasteiger partial charge in [-0.15, -0.1) is 0 Å². The second kappa shape index (κ2) is 10.3. The summed E-state index contributed by atoms with van der Waals surface area (Å²) in [6, 6.07) is 8.51. The number of nitrogens with one attached hydrogen (secondary N) is 3. The molecule has 2 saturated heterocycles. The van der Waals surface area contributed by atoms with Crippen molar-refractivity contribution in [2.24, 2.45) is 0 Å². The van der Waals surface area contributed by atoms with Gasteiger partial charge < -0.3 is 30.3 Å². The Labute approximate surface area is 213 Å². The van der Waals surface area contributed by atoms with Crippen LogP contribution >= 0.6 is 11.6 Å². The van der Waals surface area contributed by atoms with Gasteiger partial charge in [0.25, 0.3) is 0 Å². The highest BCUT2D eigenvalue weighted by Crippen LogP contribution is 2.34. The number of carbonyl (C=O) groups excluding carboxylic acids is 1. The Kier molecular flexibility index (Phi) is 6.97. The van der Waals surface area contributed by atoms with Gasteiger partial charge in [0.05, 0.1) is 35.1 Å². The number of ether oxygens (including phenoxy) is 2. The number of fused-ring (bicyclic) bond motifs is 1. The molecule has 0 radical (unpaired) electrons. The lowest BCUT2D eigenvalue weighted by Gasteiger charge is -2.37. The van der Waals surface area contributed by atoms with E-state index in [9.17, 15) is 9.18 Å². The number of rotatable bonds is 8. The minimum Gasteiger partial charge on any atom is -0.491 e. The Morgan fingerprint density at radius 2 is 2.08 bits per heavy atom. The highest BCUT2D eigenvalue weighted by molar-refractivity contribution is 6.31. The van der Waals surface area contributed by atoms with E-state index in [2.05, 4.69) is 30.8 Å². The van der Waals surface area contributed by atoms with Crippen molar-refractivity contribution in [3.8, 4) is 5.75 Å². The molecule has 2 aliphatic rings. The number of hydrogen-bond acceptors (Lipinski definition) is 8. The molecule has 2 fully saturated rings. The number of anilines is 3. The molecule has 11 heteroatoms. The Hall–Kier alpha value is -3.37. The molecule has 0 bridgehead atoms. The first-order valence-corrected chi connectivity index (χ1v) is 12.3. The van der Waals surface area contributed by atoms with Crippen LogP contribution in [-0.4, -0.2) is 66.4 Å². The molecule has 0 unspecified atom stereocenters. The average molecular weight is 515 g/mol. The van der Waals surface area contributed by atoms with Gasteiger partial charge >= 0.3 is 6.09 Å². The molecule has 3 heterocycles. The van der Waals surface area contributed by atoms with E-state index in [1.165, 1.54) is 12.4 Å². The van der Waals surface area contributed by atoms with Crippen molar-refractivity contribution in [3.05, 3.63) is 47.5 Å². The lowest BCUT2D eigenvalue weighted by atomic mass is 9.91. The summed E-state index contributed by atoms with van der Waals surface area (Å²) >= 11 is 5.93. The van der Waals surface area contributed by atoms with Crippen LogP contribution in [0.3, 0.4) is 0 Å². The lowest BCUT2D eigenvalue weighted by molar-refractivity contribution is 0.000149. The van der Waals surface area contributed by atoms with E-state index < -0.39 is 5.82 Å². The van der Waals surface area contributed by atoms with Gasteiger partial charge in [-0.1, -0.05) is 17.7 Å². The second-order valence-electron chi connectivity index (χ2n) is 9.03. The lowest BCUT2D eigenvalue weighted by Crippen LogP contribution is -2.46. The Morgan fingerprint density at radius 1 is 1.25 bits per heavy atom. The number of halogens is 2. The summed E-state index contributed by atoms with van der Waals surface area (Å²) < 4.78 is 26.1. The molecule has 5 rings (SSSR count). The zero-order chi connectivity index (χ0) is 25.1. The van der Waals surface area contributed by atoms with Crippen molar-refractivity contribution >= 4 is 45.8 Å². The summed E-state index contributed by atoms with van der Waals surface area (Å²) in [6.07, 6.45) is 3.64. The summed E-state index contributed by atoms with van der Waals surface area (Å²) in [5.41, 5.74) is 1.39. The van der Waals surface area contributed by atoms with Gasteiger partial charge in [0.1, 0.15) is 23.5 Å². The van der Waals surface area contributed by atoms with Crippen LogP contribution in [0.25, 0.3) is 10.9 Å². The van der Waals surface area contributed by atoms with Crippen molar-refractivity contribution in [2.75, 3.05) is 50.5 Å². The van der Waals surface area contributed by atoms with E-state index in [-0.39, 0.29) is 22.4 Å². The summed E-state index contributed by atoms with van der Waals surface area (Å²) in [4.78, 5) is 22.5. The van der Waals surface area contributed by atoms with Crippen molar-refractivity contribution in [2.45, 2.75) is 24.9 Å². The molecule has 190 valence electrons. The molecule has 1 amide bonds. The molecule has 3 aromatic rings. The van der Waals surface area contributed by atoms with Gasteiger partial charge in [-0.3, -0.25) is 0 Å². The van der Waals surface area contributed by atoms with Crippen molar-refractivity contribution in [1.82, 2.24) is 20.2 Å². The number of nitrogens with zero attached hydrogens (tertiary/aromatic N) is 3. The minimum atomic E-state index is -0.541. The number of hydrogen-bond donors (Lipinski definition) is 3. The molecule has 36 heavy (non-hydrogen) atoms. The topological polar surface area (TPSA) is 101 Å². The van der Waals surface area contributed by atoms with E-state index in [4.69, 9.17) is 21.1 Å². The van der Waals surface area contributed by atoms with Crippen LogP contribution in [0, 0.1) is 5.82 Å². The largest absolute Gasteiger partial charge is 0.491 e. The molecule has 0 saturated carbocycles. The quantitative estimate of drug-likeness (QED) is 0.376. The molecule has 1 spiro atoms. The molecular weight excluding hydrogens is 487 g/mol. The molecule has 2 aromatic carbocycles. The third-order valence-electron chi connectivity index (χ3n) is 6.72. The van der Waals surface area contributed by atoms with Gasteiger partial charge in [0.2, 0.25) is 0 Å². The predicted molar refractivity (Wildman–Crippen MR) is 137 cm³/mol. The van der Waals surface area contributed by atoms with Crippen molar-refractivity contribution < 1.29 is 18.7 Å². The molecular formula is C25H28ClFN6O3. The van der Waals surface area contributed by atoms with Crippen LogP contribution in [0.1, 0.15) is 19.3 Å². The van der Waals surface area contributed by atoms with Crippen molar-refractivity contribution in [3.63, 3.8) is 0 Å². The van der Waals surface area contributed by atoms with E-state index in [0.29, 0.717) is 35.6 Å². The summed E-state index contributed by atoms with van der Waals surface area (Å²) in [7, 11) is 1.82. The van der Waals surface area contributed by atoms with Gasteiger partial charge in [0, 0.05) is 44.9 Å². The maximum Gasteiger partial charge on any atom is 0.407 e. The fourth-order valence-electron chi connectivity index (χ4n) is 4.66. The molecule has 0 aliphatic carbocycles. The third kappa shape index (κ3) is 5.10. The van der Waals surface area contributed by atoms with Crippen LogP contribution in [0.15, 0.2) is 36.7 Å². The smallest absolute Gasteiger partial charge is 0.407 e. The monoisotopic (exact) mass is 514 g/mol. The number of alkyl carbamates (subject to hydrolysis) is 1. The van der Waals surface area contributed by atoms with E-state index in [1.807, 2.05) is 19.2 Å². The minimum absolute atomic E-state index is 0.0321. The normalized spacial score (nSPS) is 17.1. The summed E-state index contributed by atoms with van der Waals surface area (Å²) in [5.74, 6) is 0.578. The molecule has 3 N–H and O–H groups in total. The molecule has 0 atom stereocenters. The van der Waals surface area contributed by atoms with Crippen LogP contribution in [-0.2, 0) is 4.74 Å². The fourth-order valence-corrected chi connectivity index (χ4v) is 4.84. The van der Waals surface area contributed by atoms with E-state index in [1.54, 1.807) is 12.1 Å². The van der Waals surface area contributed by atoms with Crippen LogP contribution in [0.2, 0.25) is 5.02 Å². The fraction of sp³-hybridized carbons (Fsp3) is 0.400. The van der Waals surface area contributed by atoms with Gasteiger partial charge in [-0.2, -0.15) is 0 Å². The van der Waals surface area contributed by atoms with Crippen LogP contribution in [0.5, 0.6) is 5.75 Å². The van der Waals surface area contributed by atoms with Crippen LogP contribution < -0.4 is 20.7 Å².